The number of aromatic nitrogens is 2. The van der Waals surface area contributed by atoms with Crippen molar-refractivity contribution in [3.05, 3.63) is 66.2 Å². The van der Waals surface area contributed by atoms with Crippen molar-refractivity contribution in [2.75, 3.05) is 60.7 Å². The van der Waals surface area contributed by atoms with Crippen molar-refractivity contribution in [3.63, 3.8) is 0 Å². The van der Waals surface area contributed by atoms with Gasteiger partial charge in [-0.05, 0) is 42.7 Å². The molecule has 0 radical (unpaired) electrons. The number of ether oxygens (including phenoxy) is 1. The number of hydrogen-bond donors (Lipinski definition) is 3. The van der Waals surface area contributed by atoms with E-state index in [0.717, 1.165) is 70.3 Å². The molecule has 1 aromatic heterocycles. The first-order chi connectivity index (χ1) is 16.7. The quantitative estimate of drug-likeness (QED) is 0.493. The normalized spacial score (nSPS) is 17.5. The van der Waals surface area contributed by atoms with E-state index in [1.807, 2.05) is 6.07 Å². The molecule has 2 aliphatic rings. The summed E-state index contributed by atoms with van der Waals surface area (Å²) in [5.74, 6) is 1.72. The van der Waals surface area contributed by atoms with Crippen LogP contribution >= 0.6 is 0 Å². The fourth-order valence-corrected chi connectivity index (χ4v) is 4.62. The van der Waals surface area contributed by atoms with Gasteiger partial charge < -0.3 is 26.0 Å². The van der Waals surface area contributed by atoms with E-state index in [4.69, 9.17) is 10.5 Å². The Morgan fingerprint density at radius 1 is 0.882 bits per heavy atom. The van der Waals surface area contributed by atoms with E-state index < -0.39 is 0 Å². The number of benzene rings is 2. The first-order valence-corrected chi connectivity index (χ1v) is 12.1. The van der Waals surface area contributed by atoms with Crippen LogP contribution in [0.3, 0.4) is 0 Å². The standard InChI is InChI=1S/C26H33N7O/c27-26-30-24(28-21-6-8-23(9-7-21)33-14-16-34-17-15-33)18-25(31-26)29-22-10-12-32(13-11-22)19-20-4-2-1-3-5-20/h1-9,18,22H,10-17,19H2,(H4,27,28,29,30,31). The van der Waals surface area contributed by atoms with Crippen LogP contribution in [-0.4, -0.2) is 60.3 Å². The van der Waals surface area contributed by atoms with Gasteiger partial charge in [0.05, 0.1) is 13.2 Å². The number of nitrogens with two attached hydrogens (primary N) is 1. The third kappa shape index (κ3) is 5.95. The fraction of sp³-hybridized carbons (Fsp3) is 0.385. The Kier molecular flexibility index (Phi) is 7.07. The highest BCUT2D eigenvalue weighted by Gasteiger charge is 2.20. The number of anilines is 5. The second-order valence-corrected chi connectivity index (χ2v) is 8.95. The molecule has 0 unspecified atom stereocenters. The van der Waals surface area contributed by atoms with Crippen molar-refractivity contribution >= 4 is 29.0 Å². The van der Waals surface area contributed by atoms with Gasteiger partial charge in [-0.1, -0.05) is 30.3 Å². The number of hydrogen-bond acceptors (Lipinski definition) is 8. The van der Waals surface area contributed by atoms with Crippen LogP contribution in [0.2, 0.25) is 0 Å². The van der Waals surface area contributed by atoms with E-state index in [0.29, 0.717) is 11.9 Å². The van der Waals surface area contributed by atoms with Crippen molar-refractivity contribution in [1.29, 1.82) is 0 Å². The summed E-state index contributed by atoms with van der Waals surface area (Å²) in [4.78, 5) is 13.6. The summed E-state index contributed by atoms with van der Waals surface area (Å²) in [7, 11) is 0. The molecular formula is C26H33N7O. The number of likely N-dealkylation sites (tertiary alicyclic amines) is 1. The molecule has 0 amide bonds. The third-order valence-electron chi connectivity index (χ3n) is 6.45. The molecule has 4 N–H and O–H groups in total. The predicted octanol–water partition coefficient (Wildman–Crippen LogP) is 3.72. The minimum absolute atomic E-state index is 0.263. The van der Waals surface area contributed by atoms with Crippen LogP contribution < -0.4 is 21.3 Å². The zero-order valence-corrected chi connectivity index (χ0v) is 19.5. The average molecular weight is 460 g/mol. The molecule has 5 rings (SSSR count). The van der Waals surface area contributed by atoms with Crippen LogP contribution in [0.1, 0.15) is 18.4 Å². The van der Waals surface area contributed by atoms with E-state index in [-0.39, 0.29) is 5.95 Å². The van der Waals surface area contributed by atoms with Crippen LogP contribution in [-0.2, 0) is 11.3 Å². The first kappa shape index (κ1) is 22.4. The summed E-state index contributed by atoms with van der Waals surface area (Å²) in [6.07, 6.45) is 2.14. The van der Waals surface area contributed by atoms with E-state index in [1.165, 1.54) is 11.3 Å². The minimum Gasteiger partial charge on any atom is -0.378 e. The Morgan fingerprint density at radius 3 is 2.32 bits per heavy atom. The molecule has 0 atom stereocenters. The summed E-state index contributed by atoms with van der Waals surface area (Å²) in [5.41, 5.74) is 9.56. The van der Waals surface area contributed by atoms with Gasteiger partial charge in [0.15, 0.2) is 0 Å². The monoisotopic (exact) mass is 459 g/mol. The number of nitrogens with zero attached hydrogens (tertiary/aromatic N) is 4. The van der Waals surface area contributed by atoms with Gasteiger partial charge in [-0.25, -0.2) is 0 Å². The van der Waals surface area contributed by atoms with E-state index in [1.54, 1.807) is 0 Å². The molecule has 178 valence electrons. The molecule has 2 aliphatic heterocycles. The second kappa shape index (κ2) is 10.7. The lowest BCUT2D eigenvalue weighted by molar-refractivity contribution is 0.122. The van der Waals surface area contributed by atoms with Crippen molar-refractivity contribution < 1.29 is 4.74 Å². The third-order valence-corrected chi connectivity index (χ3v) is 6.45. The molecule has 8 heteroatoms. The van der Waals surface area contributed by atoms with E-state index in [9.17, 15) is 0 Å². The zero-order chi connectivity index (χ0) is 23.2. The Hall–Kier alpha value is -3.36. The molecule has 3 heterocycles. The van der Waals surface area contributed by atoms with Crippen LogP contribution in [0.4, 0.5) is 29.0 Å². The number of morpholine rings is 1. The molecule has 2 aromatic carbocycles. The Morgan fingerprint density at radius 2 is 1.59 bits per heavy atom. The van der Waals surface area contributed by atoms with Crippen molar-refractivity contribution in [2.45, 2.75) is 25.4 Å². The Labute approximate surface area is 201 Å². The summed E-state index contributed by atoms with van der Waals surface area (Å²) in [6, 6.07) is 21.4. The summed E-state index contributed by atoms with van der Waals surface area (Å²) >= 11 is 0. The van der Waals surface area contributed by atoms with Crippen LogP contribution in [0.5, 0.6) is 0 Å². The van der Waals surface area contributed by atoms with Gasteiger partial charge in [-0.15, -0.1) is 0 Å². The van der Waals surface area contributed by atoms with Gasteiger partial charge in [0.25, 0.3) is 0 Å². The Balaban J connectivity index is 1.16. The highest BCUT2D eigenvalue weighted by molar-refractivity contribution is 5.63. The number of rotatable bonds is 7. The predicted molar refractivity (Wildman–Crippen MR) is 138 cm³/mol. The maximum atomic E-state index is 6.02. The SMILES string of the molecule is Nc1nc(Nc2ccc(N3CCOCC3)cc2)cc(NC2CCN(Cc3ccccc3)CC2)n1. The van der Waals surface area contributed by atoms with Gasteiger partial charge >= 0.3 is 0 Å². The van der Waals surface area contributed by atoms with Gasteiger partial charge in [-0.2, -0.15) is 9.97 Å². The summed E-state index contributed by atoms with van der Waals surface area (Å²) in [5, 5.41) is 6.93. The fourth-order valence-electron chi connectivity index (χ4n) is 4.62. The lowest BCUT2D eigenvalue weighted by Crippen LogP contribution is -2.38. The first-order valence-electron chi connectivity index (χ1n) is 12.1. The van der Waals surface area contributed by atoms with Gasteiger partial charge in [0.1, 0.15) is 11.6 Å². The molecule has 0 spiro atoms. The van der Waals surface area contributed by atoms with Crippen LogP contribution in [0.15, 0.2) is 60.7 Å². The zero-order valence-electron chi connectivity index (χ0n) is 19.5. The largest absolute Gasteiger partial charge is 0.378 e. The van der Waals surface area contributed by atoms with Gasteiger partial charge in [-0.3, -0.25) is 4.90 Å². The number of nitrogens with one attached hydrogen (secondary N) is 2. The highest BCUT2D eigenvalue weighted by Crippen LogP contribution is 2.24. The lowest BCUT2D eigenvalue weighted by atomic mass is 10.0. The van der Waals surface area contributed by atoms with Crippen molar-refractivity contribution in [2.24, 2.45) is 0 Å². The van der Waals surface area contributed by atoms with Crippen LogP contribution in [0, 0.1) is 0 Å². The highest BCUT2D eigenvalue weighted by atomic mass is 16.5. The molecule has 0 aliphatic carbocycles. The average Bonchev–Trinajstić information content (AvgIpc) is 2.87. The van der Waals surface area contributed by atoms with Gasteiger partial charge in [0.2, 0.25) is 5.95 Å². The molecule has 0 saturated carbocycles. The smallest absolute Gasteiger partial charge is 0.223 e. The molecular weight excluding hydrogens is 426 g/mol. The van der Waals surface area contributed by atoms with Crippen LogP contribution in [0.25, 0.3) is 0 Å². The van der Waals surface area contributed by atoms with E-state index >= 15 is 0 Å². The maximum Gasteiger partial charge on any atom is 0.223 e. The Bertz CT molecular complexity index is 1050. The molecule has 8 nitrogen and oxygen atoms in total. The summed E-state index contributed by atoms with van der Waals surface area (Å²) in [6.45, 7) is 6.54. The molecule has 2 fully saturated rings. The summed E-state index contributed by atoms with van der Waals surface area (Å²) < 4.78 is 5.44. The number of nitrogen functional groups attached to an aromatic ring is 1. The van der Waals surface area contributed by atoms with Crippen molar-refractivity contribution in [1.82, 2.24) is 14.9 Å². The maximum absolute atomic E-state index is 6.02. The molecule has 0 bridgehead atoms. The molecule has 34 heavy (non-hydrogen) atoms. The lowest BCUT2D eigenvalue weighted by Gasteiger charge is -2.32. The molecule has 3 aromatic rings. The second-order valence-electron chi connectivity index (χ2n) is 8.95. The molecule has 2 saturated heterocycles. The van der Waals surface area contributed by atoms with Crippen molar-refractivity contribution in [3.8, 4) is 0 Å². The number of piperidine rings is 1. The van der Waals surface area contributed by atoms with Gasteiger partial charge in [0, 0.05) is 56.2 Å². The topological polar surface area (TPSA) is 91.6 Å². The minimum atomic E-state index is 0.263. The van der Waals surface area contributed by atoms with E-state index in [2.05, 4.69) is 85.0 Å².